The minimum absolute atomic E-state index is 0.0561. The van der Waals surface area contributed by atoms with Crippen molar-refractivity contribution in [2.75, 3.05) is 7.05 Å². The second kappa shape index (κ2) is 10.5. The van der Waals surface area contributed by atoms with Crippen molar-refractivity contribution in [1.82, 2.24) is 10.2 Å². The van der Waals surface area contributed by atoms with Crippen LogP contribution >= 0.6 is 0 Å². The summed E-state index contributed by atoms with van der Waals surface area (Å²) >= 11 is 0. The third-order valence-electron chi connectivity index (χ3n) is 4.75. The van der Waals surface area contributed by atoms with Crippen molar-refractivity contribution in [3.8, 4) is 5.75 Å². The molecule has 2 aromatic carbocycles. The molecule has 0 aliphatic rings. The Hall–Kier alpha value is -2.96. The quantitative estimate of drug-likeness (QED) is 0.685. The summed E-state index contributed by atoms with van der Waals surface area (Å²) in [5, 5.41) is 2.85. The molecule has 29 heavy (non-hydrogen) atoms. The smallest absolute Gasteiger partial charge is 0.387 e. The molecule has 1 N–H and O–H groups in total. The molecule has 0 aromatic heterocycles. The first-order chi connectivity index (χ1) is 13.8. The molecule has 0 saturated heterocycles. The van der Waals surface area contributed by atoms with Crippen molar-refractivity contribution in [2.24, 2.45) is 5.92 Å². The predicted molar refractivity (Wildman–Crippen MR) is 107 cm³/mol. The number of amides is 2. The predicted octanol–water partition coefficient (Wildman–Crippen LogP) is 4.09. The fourth-order valence-electron chi connectivity index (χ4n) is 2.86. The first-order valence-electron chi connectivity index (χ1n) is 9.46. The Labute approximate surface area is 169 Å². The molecule has 0 unspecified atom stereocenters. The summed E-state index contributed by atoms with van der Waals surface area (Å²) < 4.78 is 28.8. The summed E-state index contributed by atoms with van der Waals surface area (Å²) in [5.41, 5.74) is 1.26. The highest BCUT2D eigenvalue weighted by Crippen LogP contribution is 2.17. The van der Waals surface area contributed by atoms with Crippen molar-refractivity contribution in [3.63, 3.8) is 0 Å². The van der Waals surface area contributed by atoms with E-state index in [4.69, 9.17) is 0 Å². The second-order valence-electron chi connectivity index (χ2n) is 6.92. The van der Waals surface area contributed by atoms with Gasteiger partial charge in [-0.15, -0.1) is 0 Å². The molecule has 0 radical (unpaired) electrons. The molecule has 156 valence electrons. The van der Waals surface area contributed by atoms with E-state index < -0.39 is 12.7 Å². The number of nitrogens with zero attached hydrogens (tertiary/aromatic N) is 1. The van der Waals surface area contributed by atoms with E-state index in [0.717, 1.165) is 12.0 Å². The number of halogens is 2. The molecule has 0 saturated carbocycles. The maximum Gasteiger partial charge on any atom is 0.387 e. The highest BCUT2D eigenvalue weighted by Gasteiger charge is 2.28. The maximum atomic E-state index is 13.0. The van der Waals surface area contributed by atoms with Gasteiger partial charge < -0.3 is 15.0 Å². The number of benzene rings is 2. The standard InChI is InChI=1S/C22H26F2N2O3/c1-4-15(2)19(25-20(27)17-8-6-5-7-9-17)21(28)26(3)14-16-10-12-18(13-11-16)29-22(23)24/h5-13,15,19,22H,4,14H2,1-3H3,(H,25,27)/t15-,19-/m0/s1. The average Bonchev–Trinajstić information content (AvgIpc) is 2.72. The molecule has 2 atom stereocenters. The Morgan fingerprint density at radius 2 is 1.69 bits per heavy atom. The molecule has 0 aliphatic heterocycles. The second-order valence-corrected chi connectivity index (χ2v) is 6.92. The van der Waals surface area contributed by atoms with Crippen LogP contribution in [0.5, 0.6) is 5.75 Å². The van der Waals surface area contributed by atoms with Gasteiger partial charge >= 0.3 is 6.61 Å². The van der Waals surface area contributed by atoms with Crippen LogP contribution < -0.4 is 10.1 Å². The van der Waals surface area contributed by atoms with Gasteiger partial charge in [0.2, 0.25) is 5.91 Å². The largest absolute Gasteiger partial charge is 0.435 e. The molecular formula is C22H26F2N2O3. The topological polar surface area (TPSA) is 58.6 Å². The van der Waals surface area contributed by atoms with Crippen LogP contribution in [-0.4, -0.2) is 36.4 Å². The lowest BCUT2D eigenvalue weighted by molar-refractivity contribution is -0.133. The Morgan fingerprint density at radius 3 is 2.24 bits per heavy atom. The molecule has 0 fully saturated rings. The van der Waals surface area contributed by atoms with Crippen LogP contribution in [0, 0.1) is 5.92 Å². The Balaban J connectivity index is 2.06. The van der Waals surface area contributed by atoms with Gasteiger partial charge in [0.15, 0.2) is 0 Å². The van der Waals surface area contributed by atoms with Crippen molar-refractivity contribution in [2.45, 2.75) is 39.5 Å². The molecule has 2 aromatic rings. The van der Waals surface area contributed by atoms with E-state index in [-0.39, 0.29) is 30.0 Å². The Morgan fingerprint density at radius 1 is 1.07 bits per heavy atom. The number of alkyl halides is 2. The summed E-state index contributed by atoms with van der Waals surface area (Å²) in [5.74, 6) is -0.507. The van der Waals surface area contributed by atoms with Crippen molar-refractivity contribution in [1.29, 1.82) is 0 Å². The molecule has 0 bridgehead atoms. The van der Waals surface area contributed by atoms with Gasteiger partial charge in [-0.05, 0) is 35.7 Å². The number of nitrogens with one attached hydrogen (secondary N) is 1. The summed E-state index contributed by atoms with van der Waals surface area (Å²) in [4.78, 5) is 27.1. The van der Waals surface area contributed by atoms with Gasteiger partial charge in [-0.3, -0.25) is 9.59 Å². The molecule has 0 aliphatic carbocycles. The first kappa shape index (κ1) is 22.3. The van der Waals surface area contributed by atoms with Gasteiger partial charge in [0.05, 0.1) is 0 Å². The van der Waals surface area contributed by atoms with Crippen LogP contribution in [0.3, 0.4) is 0 Å². The summed E-state index contributed by atoms with van der Waals surface area (Å²) in [6.45, 7) is 1.27. The number of carbonyl (C=O) groups is 2. The minimum Gasteiger partial charge on any atom is -0.435 e. The van der Waals surface area contributed by atoms with Crippen LogP contribution in [0.25, 0.3) is 0 Å². The number of hydrogen-bond donors (Lipinski definition) is 1. The average molecular weight is 404 g/mol. The normalized spacial score (nSPS) is 12.9. The molecule has 0 heterocycles. The summed E-state index contributed by atoms with van der Waals surface area (Å²) in [6, 6.07) is 14.2. The van der Waals surface area contributed by atoms with E-state index in [9.17, 15) is 18.4 Å². The number of hydrogen-bond acceptors (Lipinski definition) is 3. The van der Waals surface area contributed by atoms with Gasteiger partial charge in [-0.25, -0.2) is 0 Å². The Bertz CT molecular complexity index is 797. The highest BCUT2D eigenvalue weighted by atomic mass is 19.3. The fourth-order valence-corrected chi connectivity index (χ4v) is 2.86. The lowest BCUT2D eigenvalue weighted by Crippen LogP contribution is -2.50. The minimum atomic E-state index is -2.88. The molecule has 2 amide bonds. The fraction of sp³-hybridized carbons (Fsp3) is 0.364. The van der Waals surface area contributed by atoms with Crippen LogP contribution in [0.2, 0.25) is 0 Å². The van der Waals surface area contributed by atoms with E-state index in [2.05, 4.69) is 10.1 Å². The lowest BCUT2D eigenvalue weighted by atomic mass is 9.97. The molecular weight excluding hydrogens is 378 g/mol. The van der Waals surface area contributed by atoms with E-state index >= 15 is 0 Å². The van der Waals surface area contributed by atoms with Crippen molar-refractivity contribution < 1.29 is 23.1 Å². The SMILES string of the molecule is CC[C@H](C)[C@H](NC(=O)c1ccccc1)C(=O)N(C)Cc1ccc(OC(F)F)cc1. The number of likely N-dealkylation sites (N-methyl/N-ethyl adjacent to an activating group) is 1. The highest BCUT2D eigenvalue weighted by molar-refractivity contribution is 5.97. The van der Waals surface area contributed by atoms with E-state index in [1.807, 2.05) is 19.9 Å². The van der Waals surface area contributed by atoms with Gasteiger partial charge in [0, 0.05) is 19.2 Å². The maximum absolute atomic E-state index is 13.0. The van der Waals surface area contributed by atoms with Gasteiger partial charge in [0.25, 0.3) is 5.91 Å². The van der Waals surface area contributed by atoms with Crippen LogP contribution in [-0.2, 0) is 11.3 Å². The van der Waals surface area contributed by atoms with E-state index in [1.54, 1.807) is 43.4 Å². The summed E-state index contributed by atoms with van der Waals surface area (Å²) in [6.07, 6.45) is 0.721. The zero-order valence-electron chi connectivity index (χ0n) is 16.8. The lowest BCUT2D eigenvalue weighted by Gasteiger charge is -2.28. The molecule has 0 spiro atoms. The van der Waals surface area contributed by atoms with Crippen molar-refractivity contribution >= 4 is 11.8 Å². The van der Waals surface area contributed by atoms with E-state index in [1.165, 1.54) is 17.0 Å². The van der Waals surface area contributed by atoms with Crippen LogP contribution in [0.1, 0.15) is 36.2 Å². The van der Waals surface area contributed by atoms with E-state index in [0.29, 0.717) is 5.56 Å². The van der Waals surface area contributed by atoms with Gasteiger partial charge in [-0.2, -0.15) is 8.78 Å². The zero-order chi connectivity index (χ0) is 21.4. The first-order valence-corrected chi connectivity index (χ1v) is 9.46. The van der Waals surface area contributed by atoms with Crippen molar-refractivity contribution in [3.05, 3.63) is 65.7 Å². The molecule has 2 rings (SSSR count). The Kier molecular flexibility index (Phi) is 8.12. The van der Waals surface area contributed by atoms with Gasteiger partial charge in [-0.1, -0.05) is 50.6 Å². The third-order valence-corrected chi connectivity index (χ3v) is 4.75. The number of carbonyl (C=O) groups excluding carboxylic acids is 2. The van der Waals surface area contributed by atoms with Crippen LogP contribution in [0.4, 0.5) is 8.78 Å². The monoisotopic (exact) mass is 404 g/mol. The summed E-state index contributed by atoms with van der Waals surface area (Å²) in [7, 11) is 1.65. The molecule has 7 heteroatoms. The molecule has 5 nitrogen and oxygen atoms in total. The van der Waals surface area contributed by atoms with Gasteiger partial charge in [0.1, 0.15) is 11.8 Å². The zero-order valence-corrected chi connectivity index (χ0v) is 16.8. The van der Waals surface area contributed by atoms with Crippen LogP contribution in [0.15, 0.2) is 54.6 Å². The number of rotatable bonds is 9. The third kappa shape index (κ3) is 6.55. The number of ether oxygens (including phenoxy) is 1.